The van der Waals surface area contributed by atoms with Crippen LogP contribution in [-0.4, -0.2) is 25.0 Å². The predicted octanol–water partition coefficient (Wildman–Crippen LogP) is 2.75. The van der Waals surface area contributed by atoms with Crippen molar-refractivity contribution < 1.29 is 14.3 Å². The van der Waals surface area contributed by atoms with Gasteiger partial charge in [0.2, 0.25) is 5.91 Å². The van der Waals surface area contributed by atoms with Gasteiger partial charge >= 0.3 is 0 Å². The lowest BCUT2D eigenvalue weighted by Gasteiger charge is -2.18. The van der Waals surface area contributed by atoms with E-state index in [2.05, 4.69) is 5.32 Å². The zero-order valence-electron chi connectivity index (χ0n) is 13.1. The Morgan fingerprint density at radius 1 is 1.09 bits per heavy atom. The maximum Gasteiger partial charge on any atom is 0.256 e. The Morgan fingerprint density at radius 3 is 2.43 bits per heavy atom. The molecule has 0 aromatic heterocycles. The predicted molar refractivity (Wildman–Crippen MR) is 88.7 cm³/mol. The van der Waals surface area contributed by atoms with Crippen LogP contribution in [0.4, 0.5) is 11.4 Å². The first-order valence-corrected chi connectivity index (χ1v) is 7.43. The maximum absolute atomic E-state index is 12.6. The van der Waals surface area contributed by atoms with Crippen molar-refractivity contribution in [1.29, 1.82) is 0 Å². The molecule has 2 aromatic carbocycles. The quantitative estimate of drug-likeness (QED) is 0.882. The molecule has 1 heterocycles. The van der Waals surface area contributed by atoms with Crippen LogP contribution in [-0.2, 0) is 9.59 Å². The molecule has 1 fully saturated rings. The molecule has 2 aromatic rings. The van der Waals surface area contributed by atoms with Crippen LogP contribution in [0.5, 0.6) is 5.75 Å². The lowest BCUT2D eigenvalue weighted by Crippen LogP contribution is -2.35. The molecule has 0 aliphatic carbocycles. The summed E-state index contributed by atoms with van der Waals surface area (Å²) in [6.07, 6.45) is 0.152. The van der Waals surface area contributed by atoms with Gasteiger partial charge < -0.3 is 10.1 Å². The molecule has 1 unspecified atom stereocenters. The number of anilines is 2. The highest BCUT2D eigenvalue weighted by atomic mass is 16.5. The lowest BCUT2D eigenvalue weighted by molar-refractivity contribution is -0.121. The second-order valence-electron chi connectivity index (χ2n) is 5.48. The van der Waals surface area contributed by atoms with Crippen molar-refractivity contribution >= 4 is 23.2 Å². The topological polar surface area (TPSA) is 58.6 Å². The van der Waals surface area contributed by atoms with Crippen molar-refractivity contribution in [3.63, 3.8) is 0 Å². The third-order valence-electron chi connectivity index (χ3n) is 3.93. The van der Waals surface area contributed by atoms with Gasteiger partial charge in [-0.1, -0.05) is 18.2 Å². The van der Waals surface area contributed by atoms with Crippen molar-refractivity contribution in [3.8, 4) is 5.75 Å². The minimum atomic E-state index is -0.546. The summed E-state index contributed by atoms with van der Waals surface area (Å²) in [4.78, 5) is 26.2. The Morgan fingerprint density at radius 2 is 1.78 bits per heavy atom. The Labute approximate surface area is 134 Å². The van der Waals surface area contributed by atoms with Gasteiger partial charge in [0.25, 0.3) is 5.91 Å². The van der Waals surface area contributed by atoms with Gasteiger partial charge in [0.1, 0.15) is 11.8 Å². The standard InChI is InChI=1S/C18H18N2O3/c1-12-5-3-4-6-16(12)20-17(21)11-15(18(20)22)19-13-7-9-14(23-2)10-8-13/h3-10,15,19H,11H2,1-2H3. The summed E-state index contributed by atoms with van der Waals surface area (Å²) in [6, 6.07) is 14.1. The highest BCUT2D eigenvalue weighted by Gasteiger charge is 2.39. The van der Waals surface area contributed by atoms with Crippen molar-refractivity contribution in [1.82, 2.24) is 0 Å². The molecular weight excluding hydrogens is 292 g/mol. The highest BCUT2D eigenvalue weighted by Crippen LogP contribution is 2.27. The van der Waals surface area contributed by atoms with E-state index < -0.39 is 6.04 Å². The first-order chi connectivity index (χ1) is 11.1. The summed E-state index contributed by atoms with van der Waals surface area (Å²) in [7, 11) is 1.60. The molecule has 3 rings (SSSR count). The number of nitrogens with zero attached hydrogens (tertiary/aromatic N) is 1. The molecule has 5 heteroatoms. The van der Waals surface area contributed by atoms with Gasteiger partial charge in [-0.2, -0.15) is 0 Å². The number of nitrogens with one attached hydrogen (secondary N) is 1. The van der Waals surface area contributed by atoms with Crippen LogP contribution in [0.25, 0.3) is 0 Å². The van der Waals surface area contributed by atoms with Gasteiger partial charge in [-0.3, -0.25) is 9.59 Å². The smallest absolute Gasteiger partial charge is 0.256 e. The van der Waals surface area contributed by atoms with Crippen LogP contribution >= 0.6 is 0 Å². The molecule has 1 saturated heterocycles. The van der Waals surface area contributed by atoms with Crippen LogP contribution in [0, 0.1) is 6.92 Å². The van der Waals surface area contributed by atoms with Crippen LogP contribution in [0.1, 0.15) is 12.0 Å². The molecular formula is C18H18N2O3. The van der Waals surface area contributed by atoms with E-state index in [1.54, 1.807) is 13.2 Å². The van der Waals surface area contributed by atoms with E-state index in [1.807, 2.05) is 49.4 Å². The van der Waals surface area contributed by atoms with Crippen LogP contribution in [0.2, 0.25) is 0 Å². The molecule has 2 amide bonds. The van der Waals surface area contributed by atoms with E-state index >= 15 is 0 Å². The number of carbonyl (C=O) groups excluding carboxylic acids is 2. The Hall–Kier alpha value is -2.82. The molecule has 0 radical (unpaired) electrons. The number of hydrogen-bond acceptors (Lipinski definition) is 4. The van der Waals surface area contributed by atoms with E-state index in [4.69, 9.17) is 4.74 Å². The normalized spacial score (nSPS) is 17.5. The minimum absolute atomic E-state index is 0.152. The SMILES string of the molecule is COc1ccc(NC2CC(=O)N(c3ccccc3C)C2=O)cc1. The third kappa shape index (κ3) is 2.90. The van der Waals surface area contributed by atoms with Gasteiger partial charge in [0.05, 0.1) is 19.2 Å². The average molecular weight is 310 g/mol. The molecule has 23 heavy (non-hydrogen) atoms. The number of aryl methyl sites for hydroxylation is 1. The first-order valence-electron chi connectivity index (χ1n) is 7.43. The van der Waals surface area contributed by atoms with Crippen molar-refractivity contribution in [3.05, 3.63) is 54.1 Å². The van der Waals surface area contributed by atoms with Gasteiger partial charge in [0.15, 0.2) is 0 Å². The van der Waals surface area contributed by atoms with Gasteiger partial charge in [0, 0.05) is 5.69 Å². The average Bonchev–Trinajstić information content (AvgIpc) is 2.83. The molecule has 0 spiro atoms. The first kappa shape index (κ1) is 15.1. The van der Waals surface area contributed by atoms with E-state index in [-0.39, 0.29) is 18.2 Å². The zero-order chi connectivity index (χ0) is 16.4. The fourth-order valence-electron chi connectivity index (χ4n) is 2.70. The van der Waals surface area contributed by atoms with E-state index in [0.717, 1.165) is 17.0 Å². The van der Waals surface area contributed by atoms with E-state index in [1.165, 1.54) is 4.90 Å². The molecule has 1 aliphatic heterocycles. The van der Waals surface area contributed by atoms with Gasteiger partial charge in [-0.25, -0.2) is 4.90 Å². The van der Waals surface area contributed by atoms with Gasteiger partial charge in [-0.15, -0.1) is 0 Å². The number of rotatable bonds is 4. The Kier molecular flexibility index (Phi) is 4.02. The molecule has 0 bridgehead atoms. The summed E-state index contributed by atoms with van der Waals surface area (Å²) in [6.45, 7) is 1.89. The molecule has 1 N–H and O–H groups in total. The second kappa shape index (κ2) is 6.12. The Bertz CT molecular complexity index is 740. The molecule has 118 valence electrons. The number of amides is 2. The van der Waals surface area contributed by atoms with Gasteiger partial charge in [-0.05, 0) is 42.8 Å². The molecule has 1 atom stereocenters. The van der Waals surface area contributed by atoms with E-state index in [0.29, 0.717) is 5.69 Å². The van der Waals surface area contributed by atoms with Crippen molar-refractivity contribution in [2.75, 3.05) is 17.3 Å². The minimum Gasteiger partial charge on any atom is -0.497 e. The number of benzene rings is 2. The Balaban J connectivity index is 1.79. The maximum atomic E-state index is 12.6. The third-order valence-corrected chi connectivity index (χ3v) is 3.93. The number of methoxy groups -OCH3 is 1. The van der Waals surface area contributed by atoms with Crippen LogP contribution in [0.15, 0.2) is 48.5 Å². The number of para-hydroxylation sites is 1. The van der Waals surface area contributed by atoms with Crippen molar-refractivity contribution in [2.24, 2.45) is 0 Å². The number of hydrogen-bond donors (Lipinski definition) is 1. The molecule has 1 aliphatic rings. The highest BCUT2D eigenvalue weighted by molar-refractivity contribution is 6.23. The van der Waals surface area contributed by atoms with Crippen molar-refractivity contribution in [2.45, 2.75) is 19.4 Å². The fraction of sp³-hybridized carbons (Fsp3) is 0.222. The summed E-state index contributed by atoms with van der Waals surface area (Å²) < 4.78 is 5.11. The fourth-order valence-corrected chi connectivity index (χ4v) is 2.70. The summed E-state index contributed by atoms with van der Waals surface area (Å²) in [5.74, 6) is 0.335. The monoisotopic (exact) mass is 310 g/mol. The lowest BCUT2D eigenvalue weighted by atomic mass is 10.2. The molecule has 5 nitrogen and oxygen atoms in total. The van der Waals surface area contributed by atoms with Crippen LogP contribution in [0.3, 0.4) is 0 Å². The summed E-state index contributed by atoms with van der Waals surface area (Å²) in [5.41, 5.74) is 2.34. The molecule has 0 saturated carbocycles. The number of imide groups is 1. The van der Waals surface area contributed by atoms with E-state index in [9.17, 15) is 9.59 Å². The zero-order valence-corrected chi connectivity index (χ0v) is 13.1. The van der Waals surface area contributed by atoms with Crippen LogP contribution < -0.4 is 15.0 Å². The second-order valence-corrected chi connectivity index (χ2v) is 5.48. The number of carbonyl (C=O) groups is 2. The summed E-state index contributed by atoms with van der Waals surface area (Å²) >= 11 is 0. The number of ether oxygens (including phenoxy) is 1. The largest absolute Gasteiger partial charge is 0.497 e. The summed E-state index contributed by atoms with van der Waals surface area (Å²) in [5, 5.41) is 3.12.